The van der Waals surface area contributed by atoms with Gasteiger partial charge >= 0.3 is 0 Å². The number of nitrogens with one attached hydrogen (secondary N) is 1. The Balaban J connectivity index is 1.74. The molecule has 1 aromatic carbocycles. The largest absolute Gasteiger partial charge is 0.393 e. The van der Waals surface area contributed by atoms with Gasteiger partial charge in [0.1, 0.15) is 0 Å². The molecule has 5 nitrogen and oxygen atoms in total. The van der Waals surface area contributed by atoms with Crippen LogP contribution in [0.15, 0.2) is 36.5 Å². The molecule has 3 rings (SSSR count). The number of hydrogen-bond donors (Lipinski definition) is 2. The summed E-state index contributed by atoms with van der Waals surface area (Å²) in [5.74, 6) is -0.0103. The number of carbonyl (C=O) groups is 1. The van der Waals surface area contributed by atoms with E-state index in [0.717, 1.165) is 42.4 Å². The van der Waals surface area contributed by atoms with Gasteiger partial charge in [0.25, 0.3) is 0 Å². The number of hydrogen-bond acceptors (Lipinski definition) is 4. The molecule has 3 atom stereocenters. The molecule has 1 fully saturated rings. The lowest BCUT2D eigenvalue weighted by Crippen LogP contribution is -2.45. The van der Waals surface area contributed by atoms with Crippen LogP contribution < -0.4 is 5.32 Å². The first-order chi connectivity index (χ1) is 11.6. The molecule has 0 saturated carbocycles. The monoisotopic (exact) mass is 327 g/mol. The highest BCUT2D eigenvalue weighted by Gasteiger charge is 2.32. The van der Waals surface area contributed by atoms with E-state index in [1.807, 2.05) is 44.2 Å². The van der Waals surface area contributed by atoms with Crippen LogP contribution in [0.1, 0.15) is 33.1 Å². The fraction of sp³-hybridized carbons (Fsp3) is 0.474. The highest BCUT2D eigenvalue weighted by molar-refractivity contribution is 6.02. The van der Waals surface area contributed by atoms with E-state index in [2.05, 4.69) is 15.2 Å². The summed E-state index contributed by atoms with van der Waals surface area (Å²) in [5.41, 5.74) is 1.67. The van der Waals surface area contributed by atoms with Gasteiger partial charge in [0.15, 0.2) is 0 Å². The second-order valence-corrected chi connectivity index (χ2v) is 6.66. The summed E-state index contributed by atoms with van der Waals surface area (Å²) >= 11 is 0. The minimum Gasteiger partial charge on any atom is -0.393 e. The Kier molecular flexibility index (Phi) is 5.11. The Morgan fingerprint density at radius 3 is 3.00 bits per heavy atom. The second-order valence-electron chi connectivity index (χ2n) is 6.66. The normalized spacial score (nSPS) is 20.9. The predicted octanol–water partition coefficient (Wildman–Crippen LogP) is 2.80. The molecule has 0 bridgehead atoms. The number of rotatable bonds is 5. The predicted molar refractivity (Wildman–Crippen MR) is 95.9 cm³/mol. The number of anilines is 1. The molecule has 3 unspecified atom stereocenters. The first-order valence-corrected chi connectivity index (χ1v) is 8.64. The van der Waals surface area contributed by atoms with Gasteiger partial charge in [-0.25, -0.2) is 0 Å². The maximum atomic E-state index is 12.7. The van der Waals surface area contributed by atoms with Crippen LogP contribution in [-0.2, 0) is 4.79 Å². The summed E-state index contributed by atoms with van der Waals surface area (Å²) in [4.78, 5) is 19.3. The molecule has 0 spiro atoms. The highest BCUT2D eigenvalue weighted by Crippen LogP contribution is 2.26. The molecule has 2 heterocycles. The molecule has 0 aliphatic carbocycles. The number of amides is 1. The Hall–Kier alpha value is -1.98. The van der Waals surface area contributed by atoms with Crippen molar-refractivity contribution in [3.8, 4) is 0 Å². The van der Waals surface area contributed by atoms with E-state index in [1.165, 1.54) is 0 Å². The van der Waals surface area contributed by atoms with Gasteiger partial charge in [0, 0.05) is 17.6 Å². The number of aromatic nitrogens is 1. The third kappa shape index (κ3) is 3.57. The van der Waals surface area contributed by atoms with Crippen molar-refractivity contribution >= 4 is 22.5 Å². The van der Waals surface area contributed by atoms with E-state index in [1.54, 1.807) is 6.20 Å². The van der Waals surface area contributed by atoms with Crippen LogP contribution in [0.2, 0.25) is 0 Å². The van der Waals surface area contributed by atoms with Crippen molar-refractivity contribution in [2.75, 3.05) is 11.9 Å². The van der Waals surface area contributed by atoms with Crippen LogP contribution in [0, 0.1) is 0 Å². The van der Waals surface area contributed by atoms with Gasteiger partial charge < -0.3 is 10.4 Å². The minimum atomic E-state index is -0.338. The lowest BCUT2D eigenvalue weighted by molar-refractivity contribution is -0.121. The molecule has 1 saturated heterocycles. The first-order valence-electron chi connectivity index (χ1n) is 8.64. The van der Waals surface area contributed by atoms with Gasteiger partial charge in [0.05, 0.1) is 23.3 Å². The zero-order chi connectivity index (χ0) is 17.1. The van der Waals surface area contributed by atoms with Crippen LogP contribution in [0.4, 0.5) is 5.69 Å². The van der Waals surface area contributed by atoms with Gasteiger partial charge in [-0.05, 0) is 63.9 Å². The zero-order valence-electron chi connectivity index (χ0n) is 14.3. The number of fused-ring (bicyclic) bond motifs is 1. The molecule has 1 aliphatic rings. The highest BCUT2D eigenvalue weighted by atomic mass is 16.3. The van der Waals surface area contributed by atoms with Gasteiger partial charge in [-0.3, -0.25) is 14.7 Å². The van der Waals surface area contributed by atoms with E-state index in [-0.39, 0.29) is 24.1 Å². The van der Waals surface area contributed by atoms with E-state index in [4.69, 9.17) is 0 Å². The SMILES string of the molecule is CC(O)CC1CCCN1C(C)C(=O)Nc1cccc2ncccc12. The third-order valence-electron chi connectivity index (χ3n) is 4.82. The molecular weight excluding hydrogens is 302 g/mol. The van der Waals surface area contributed by atoms with E-state index < -0.39 is 0 Å². The standard InChI is InChI=1S/C19H25N3O2/c1-13(23)12-15-6-5-11-22(15)14(2)19(24)21-18-9-3-8-17-16(18)7-4-10-20-17/h3-4,7-10,13-15,23H,5-6,11-12H2,1-2H3,(H,21,24). The summed E-state index contributed by atoms with van der Waals surface area (Å²) in [6.45, 7) is 4.66. The number of likely N-dealkylation sites (tertiary alicyclic amines) is 1. The molecule has 2 N–H and O–H groups in total. The summed E-state index contributed by atoms with van der Waals surface area (Å²) in [6.07, 6.45) is 4.25. The minimum absolute atomic E-state index is 0.0103. The van der Waals surface area contributed by atoms with Gasteiger partial charge in [-0.1, -0.05) is 6.07 Å². The lowest BCUT2D eigenvalue weighted by atomic mass is 10.1. The summed E-state index contributed by atoms with van der Waals surface area (Å²) in [7, 11) is 0. The molecular formula is C19H25N3O2. The Labute approximate surface area is 142 Å². The number of carbonyl (C=O) groups excluding carboxylic acids is 1. The van der Waals surface area contributed by atoms with Crippen molar-refractivity contribution in [1.82, 2.24) is 9.88 Å². The Morgan fingerprint density at radius 1 is 1.38 bits per heavy atom. The van der Waals surface area contributed by atoms with Crippen LogP contribution in [0.5, 0.6) is 0 Å². The van der Waals surface area contributed by atoms with Gasteiger partial charge in [0.2, 0.25) is 5.91 Å². The summed E-state index contributed by atoms with van der Waals surface area (Å²) < 4.78 is 0. The number of pyridine rings is 1. The molecule has 128 valence electrons. The molecule has 2 aromatic rings. The molecule has 0 radical (unpaired) electrons. The number of benzene rings is 1. The maximum absolute atomic E-state index is 12.7. The van der Waals surface area contributed by atoms with Crippen LogP contribution in [0.25, 0.3) is 10.9 Å². The van der Waals surface area contributed by atoms with Crippen molar-refractivity contribution in [2.45, 2.75) is 51.3 Å². The molecule has 5 heteroatoms. The van der Waals surface area contributed by atoms with Crippen LogP contribution >= 0.6 is 0 Å². The topological polar surface area (TPSA) is 65.5 Å². The van der Waals surface area contributed by atoms with E-state index >= 15 is 0 Å². The van der Waals surface area contributed by atoms with Crippen molar-refractivity contribution < 1.29 is 9.90 Å². The maximum Gasteiger partial charge on any atom is 0.241 e. The fourth-order valence-electron chi connectivity index (χ4n) is 3.61. The Bertz CT molecular complexity index is 711. The first kappa shape index (κ1) is 16.9. The zero-order valence-corrected chi connectivity index (χ0v) is 14.3. The molecule has 1 amide bonds. The van der Waals surface area contributed by atoms with Crippen molar-refractivity contribution in [2.24, 2.45) is 0 Å². The molecule has 1 aromatic heterocycles. The fourth-order valence-corrected chi connectivity index (χ4v) is 3.61. The number of aliphatic hydroxyl groups excluding tert-OH is 1. The van der Waals surface area contributed by atoms with Crippen molar-refractivity contribution in [3.05, 3.63) is 36.5 Å². The third-order valence-corrected chi connectivity index (χ3v) is 4.82. The smallest absolute Gasteiger partial charge is 0.241 e. The second kappa shape index (κ2) is 7.28. The van der Waals surface area contributed by atoms with Gasteiger partial charge in [-0.2, -0.15) is 0 Å². The average Bonchev–Trinajstić information content (AvgIpc) is 3.01. The number of nitrogens with zero attached hydrogens (tertiary/aromatic N) is 2. The summed E-state index contributed by atoms with van der Waals surface area (Å²) in [6, 6.07) is 9.65. The number of aliphatic hydroxyl groups is 1. The van der Waals surface area contributed by atoms with E-state index in [9.17, 15) is 9.90 Å². The molecule has 1 aliphatic heterocycles. The summed E-state index contributed by atoms with van der Waals surface area (Å²) in [5, 5.41) is 13.7. The average molecular weight is 327 g/mol. The Morgan fingerprint density at radius 2 is 2.21 bits per heavy atom. The van der Waals surface area contributed by atoms with Gasteiger partial charge in [-0.15, -0.1) is 0 Å². The van der Waals surface area contributed by atoms with Crippen molar-refractivity contribution in [3.63, 3.8) is 0 Å². The van der Waals surface area contributed by atoms with Crippen molar-refractivity contribution in [1.29, 1.82) is 0 Å². The van der Waals surface area contributed by atoms with E-state index in [0.29, 0.717) is 0 Å². The molecule has 24 heavy (non-hydrogen) atoms. The van der Waals surface area contributed by atoms with Crippen LogP contribution in [0.3, 0.4) is 0 Å². The van der Waals surface area contributed by atoms with Crippen LogP contribution in [-0.4, -0.2) is 45.6 Å². The quantitative estimate of drug-likeness (QED) is 0.886. The lowest BCUT2D eigenvalue weighted by Gasteiger charge is -2.30.